The molecular weight excluding hydrogens is 766 g/mol. The molecule has 2 atom stereocenters. The summed E-state index contributed by atoms with van der Waals surface area (Å²) in [5.41, 5.74) is 3.63. The monoisotopic (exact) mass is 822 g/mol. The number of benzene rings is 3. The van der Waals surface area contributed by atoms with Crippen LogP contribution in [0.1, 0.15) is 62.2 Å². The van der Waals surface area contributed by atoms with E-state index in [0.29, 0.717) is 37.9 Å². The van der Waals surface area contributed by atoms with Crippen LogP contribution in [-0.2, 0) is 24.2 Å². The first-order valence-corrected chi connectivity index (χ1v) is 22.9. The van der Waals surface area contributed by atoms with Crippen molar-refractivity contribution in [3.63, 3.8) is 0 Å². The van der Waals surface area contributed by atoms with Crippen LogP contribution in [0.3, 0.4) is 0 Å². The van der Waals surface area contributed by atoms with E-state index in [1.807, 2.05) is 41.0 Å². The third kappa shape index (κ3) is 8.44. The van der Waals surface area contributed by atoms with Crippen LogP contribution in [0.5, 0.6) is 0 Å². The van der Waals surface area contributed by atoms with E-state index in [1.54, 1.807) is 6.07 Å². The maximum Gasteiger partial charge on any atom is 0.451 e. The zero-order chi connectivity index (χ0) is 41.4. The van der Waals surface area contributed by atoms with Gasteiger partial charge in [0.1, 0.15) is 11.6 Å². The van der Waals surface area contributed by atoms with Gasteiger partial charge in [-0.25, -0.2) is 9.97 Å². The quantitative estimate of drug-likeness (QED) is 0.134. The summed E-state index contributed by atoms with van der Waals surface area (Å²) < 4.78 is 53.6. The fraction of sp³-hybridized carbons (Fsp3) is 0.457. The molecule has 3 aromatic carbocycles. The molecule has 59 heavy (non-hydrogen) atoms. The molecule has 0 saturated carbocycles. The molecule has 8 rings (SSSR count). The van der Waals surface area contributed by atoms with Gasteiger partial charge in [-0.15, -0.1) is 0 Å². The van der Waals surface area contributed by atoms with Gasteiger partial charge in [-0.05, 0) is 46.3 Å². The first-order valence-electron chi connectivity index (χ1n) is 21.0. The molecule has 5 heterocycles. The number of aromatic nitrogens is 4. The molecular formula is C46H57F3N8OSi. The number of hydrogen-bond acceptors (Lipinski definition) is 8. The van der Waals surface area contributed by atoms with Crippen LogP contribution in [0, 0.1) is 6.92 Å². The second-order valence-corrected chi connectivity index (χ2v) is 21.9. The van der Waals surface area contributed by atoms with Crippen molar-refractivity contribution in [2.45, 2.75) is 76.3 Å². The van der Waals surface area contributed by atoms with Crippen molar-refractivity contribution in [3.05, 3.63) is 126 Å². The molecule has 0 aliphatic carbocycles. The van der Waals surface area contributed by atoms with Crippen molar-refractivity contribution in [2.75, 3.05) is 62.2 Å². The first-order chi connectivity index (χ1) is 28.3. The van der Waals surface area contributed by atoms with Gasteiger partial charge >= 0.3 is 6.18 Å². The Morgan fingerprint density at radius 2 is 1.34 bits per heavy atom. The maximum absolute atomic E-state index is 14.7. The van der Waals surface area contributed by atoms with Crippen molar-refractivity contribution in [1.82, 2.24) is 29.5 Å². The van der Waals surface area contributed by atoms with Crippen LogP contribution in [0.2, 0.25) is 5.04 Å². The Labute approximate surface area is 348 Å². The van der Waals surface area contributed by atoms with Gasteiger partial charge in [-0.2, -0.15) is 18.3 Å². The SMILES string of the molecule is Cc1cnn(C)c1C1CCN(c2cc(N3CC(N4CCN(Cc5ccccc5)CC4)C3CO[Si](c3ccccc3)(c3ccccc3)C(C)(C)C)nc(C(F)(F)F)n2)CC1. The summed E-state index contributed by atoms with van der Waals surface area (Å²) in [7, 11) is -0.997. The van der Waals surface area contributed by atoms with Gasteiger partial charge in [0.05, 0.1) is 18.8 Å². The van der Waals surface area contributed by atoms with Crippen LogP contribution in [0.15, 0.2) is 103 Å². The number of piperazine rings is 1. The number of hydrogen-bond donors (Lipinski definition) is 0. The van der Waals surface area contributed by atoms with Crippen LogP contribution in [0.25, 0.3) is 0 Å². The molecule has 3 aliphatic rings. The zero-order valence-corrected chi connectivity index (χ0v) is 35.9. The normalized spacial score (nSPS) is 20.2. The van der Waals surface area contributed by atoms with Gasteiger partial charge in [0.25, 0.3) is 8.32 Å². The number of alkyl halides is 3. The second kappa shape index (κ2) is 16.8. The highest BCUT2D eigenvalue weighted by Crippen LogP contribution is 2.40. The van der Waals surface area contributed by atoms with E-state index >= 15 is 0 Å². The summed E-state index contributed by atoms with van der Waals surface area (Å²) >= 11 is 0. The summed E-state index contributed by atoms with van der Waals surface area (Å²) in [6.07, 6.45) is -1.21. The predicted octanol–water partition coefficient (Wildman–Crippen LogP) is 6.87. The Morgan fingerprint density at radius 1 is 0.763 bits per heavy atom. The standard InChI is InChI=1S/C46H57F3N8OSi/c1-34-30-50-53(5)43(34)36-21-23-56(24-22-36)41-29-42(52-44(51-41)46(47,48)49)57-32-39(55-27-25-54(26-28-55)31-35-15-9-6-10-16-35)40(57)33-58-59(45(2,3)4,37-17-11-7-12-18-37)38-19-13-8-14-20-38/h6-20,29-30,36,39-40H,21-28,31-33H2,1-5H3. The minimum Gasteiger partial charge on any atom is -0.405 e. The van der Waals surface area contributed by atoms with Gasteiger partial charge in [-0.1, -0.05) is 112 Å². The van der Waals surface area contributed by atoms with Gasteiger partial charge in [0.2, 0.25) is 5.82 Å². The van der Waals surface area contributed by atoms with Crippen molar-refractivity contribution in [2.24, 2.45) is 7.05 Å². The van der Waals surface area contributed by atoms with Crippen molar-refractivity contribution in [3.8, 4) is 0 Å². The molecule has 0 spiro atoms. The number of halogens is 3. The van der Waals surface area contributed by atoms with Crippen LogP contribution in [-0.4, -0.2) is 102 Å². The Kier molecular flexibility index (Phi) is 11.7. The summed E-state index contributed by atoms with van der Waals surface area (Å²) in [5, 5.41) is 6.52. The van der Waals surface area contributed by atoms with Crippen LogP contribution in [0.4, 0.5) is 24.8 Å². The lowest BCUT2D eigenvalue weighted by Crippen LogP contribution is -2.73. The van der Waals surface area contributed by atoms with Crippen molar-refractivity contribution >= 4 is 30.3 Å². The zero-order valence-electron chi connectivity index (χ0n) is 34.9. The van der Waals surface area contributed by atoms with E-state index in [-0.39, 0.29) is 23.0 Å². The summed E-state index contributed by atoms with van der Waals surface area (Å²) in [6, 6.07) is 33.3. The molecule has 0 N–H and O–H groups in total. The number of piperidine rings is 1. The summed E-state index contributed by atoms with van der Waals surface area (Å²) in [6.45, 7) is 15.4. The molecule has 5 aromatic rings. The molecule has 2 unspecified atom stereocenters. The minimum absolute atomic E-state index is 0.0812. The van der Waals surface area contributed by atoms with E-state index in [2.05, 4.69) is 130 Å². The Morgan fingerprint density at radius 3 is 1.88 bits per heavy atom. The predicted molar refractivity (Wildman–Crippen MR) is 231 cm³/mol. The number of anilines is 2. The van der Waals surface area contributed by atoms with E-state index < -0.39 is 20.3 Å². The van der Waals surface area contributed by atoms with E-state index in [1.165, 1.54) is 21.6 Å². The van der Waals surface area contributed by atoms with Crippen molar-refractivity contribution in [1.29, 1.82) is 0 Å². The Bertz CT molecular complexity index is 2090. The largest absolute Gasteiger partial charge is 0.451 e. The Balaban J connectivity index is 1.11. The lowest BCUT2D eigenvalue weighted by molar-refractivity contribution is -0.144. The maximum atomic E-state index is 14.7. The molecule has 0 amide bonds. The lowest BCUT2D eigenvalue weighted by atomic mass is 9.91. The topological polar surface area (TPSA) is 65.8 Å². The molecule has 9 nitrogen and oxygen atoms in total. The van der Waals surface area contributed by atoms with Crippen molar-refractivity contribution < 1.29 is 17.6 Å². The fourth-order valence-electron chi connectivity index (χ4n) is 9.80. The third-order valence-corrected chi connectivity index (χ3v) is 17.9. The van der Waals surface area contributed by atoms with Crippen LogP contribution >= 0.6 is 0 Å². The molecule has 0 bridgehead atoms. The van der Waals surface area contributed by atoms with Gasteiger partial charge in [0, 0.05) is 83.1 Å². The Hall–Kier alpha value is -4.56. The summed E-state index contributed by atoms with van der Waals surface area (Å²) in [4.78, 5) is 17.5. The molecule has 312 valence electrons. The average molecular weight is 823 g/mol. The molecule has 0 radical (unpaired) electrons. The number of aryl methyl sites for hydroxylation is 2. The van der Waals surface area contributed by atoms with Crippen LogP contribution < -0.4 is 20.2 Å². The smallest absolute Gasteiger partial charge is 0.405 e. The average Bonchev–Trinajstić information content (AvgIpc) is 3.56. The third-order valence-electron chi connectivity index (χ3n) is 12.9. The summed E-state index contributed by atoms with van der Waals surface area (Å²) in [5.74, 6) is -0.178. The second-order valence-electron chi connectivity index (χ2n) is 17.6. The van der Waals surface area contributed by atoms with Gasteiger partial charge < -0.3 is 14.2 Å². The molecule has 3 saturated heterocycles. The van der Waals surface area contributed by atoms with E-state index in [4.69, 9.17) is 4.43 Å². The highest BCUT2D eigenvalue weighted by atomic mass is 28.4. The molecule has 13 heteroatoms. The highest BCUT2D eigenvalue weighted by Gasteiger charge is 2.53. The fourth-order valence-corrected chi connectivity index (χ4v) is 14.4. The molecule has 3 aliphatic heterocycles. The van der Waals surface area contributed by atoms with Gasteiger partial charge in [0.15, 0.2) is 0 Å². The lowest BCUT2D eigenvalue weighted by Gasteiger charge is -2.56. The minimum atomic E-state index is -4.70. The van der Waals surface area contributed by atoms with E-state index in [0.717, 1.165) is 51.1 Å². The van der Waals surface area contributed by atoms with E-state index in [9.17, 15) is 13.2 Å². The number of nitrogens with zero attached hydrogens (tertiary/aromatic N) is 8. The number of rotatable bonds is 11. The first kappa shape index (κ1) is 41.2. The molecule has 3 fully saturated rings. The van der Waals surface area contributed by atoms with Gasteiger partial charge in [-0.3, -0.25) is 14.5 Å². The highest BCUT2D eigenvalue weighted by molar-refractivity contribution is 6.99. The molecule has 2 aromatic heterocycles.